The van der Waals surface area contributed by atoms with Crippen LogP contribution in [0.2, 0.25) is 0 Å². The molecule has 1 N–H and O–H groups in total. The van der Waals surface area contributed by atoms with Crippen LogP contribution in [0.5, 0.6) is 0 Å². The number of aldehydes is 1. The number of nitrogens with zero attached hydrogens (tertiary/aromatic N) is 2. The number of hydrogen-bond donors (Lipinski definition) is 1. The molecule has 1 aliphatic rings. The second-order valence-electron chi connectivity index (χ2n) is 9.38. The lowest BCUT2D eigenvalue weighted by molar-refractivity contribution is 0.0546. The summed E-state index contributed by atoms with van der Waals surface area (Å²) in [7, 11) is 3.96. The van der Waals surface area contributed by atoms with Gasteiger partial charge in [-0.1, -0.05) is 6.07 Å². The van der Waals surface area contributed by atoms with Gasteiger partial charge in [-0.05, 0) is 76.3 Å². The number of ether oxygens (including phenoxy) is 1. The van der Waals surface area contributed by atoms with Crippen molar-refractivity contribution in [2.45, 2.75) is 39.5 Å². The standard InChI is InChI=1S/C25H27N3O4/c1-25(2,3)32-24(31)28-20-7-6-15(14-29)8-17(20)11-21(28)19-10-16(13-27(4)5)9-18-12-26-23(30)22(18)19/h6-11,14H,12-13H2,1-5H3,(H,26,30). The van der Waals surface area contributed by atoms with Crippen molar-refractivity contribution in [2.75, 3.05) is 14.1 Å². The van der Waals surface area contributed by atoms with Crippen LogP contribution in [0.25, 0.3) is 22.2 Å². The molecule has 2 heterocycles. The van der Waals surface area contributed by atoms with Gasteiger partial charge in [-0.15, -0.1) is 0 Å². The molecule has 0 aliphatic carbocycles. The number of hydrogen-bond acceptors (Lipinski definition) is 5. The van der Waals surface area contributed by atoms with E-state index >= 15 is 0 Å². The predicted molar refractivity (Wildman–Crippen MR) is 123 cm³/mol. The second-order valence-corrected chi connectivity index (χ2v) is 9.38. The molecule has 0 saturated heterocycles. The van der Waals surface area contributed by atoms with E-state index in [0.717, 1.165) is 22.8 Å². The number of rotatable bonds is 4. The molecule has 0 saturated carbocycles. The smallest absolute Gasteiger partial charge is 0.419 e. The summed E-state index contributed by atoms with van der Waals surface area (Å²) in [6.07, 6.45) is 0.235. The Morgan fingerprint density at radius 3 is 2.59 bits per heavy atom. The minimum Gasteiger partial charge on any atom is -0.443 e. The summed E-state index contributed by atoms with van der Waals surface area (Å²) in [5, 5.41) is 3.61. The summed E-state index contributed by atoms with van der Waals surface area (Å²) in [4.78, 5) is 39.4. The van der Waals surface area contributed by atoms with E-state index in [-0.39, 0.29) is 5.91 Å². The maximum absolute atomic E-state index is 13.3. The number of fused-ring (bicyclic) bond motifs is 2. The van der Waals surface area contributed by atoms with E-state index in [0.29, 0.717) is 41.0 Å². The maximum atomic E-state index is 13.3. The van der Waals surface area contributed by atoms with E-state index < -0.39 is 11.7 Å². The quantitative estimate of drug-likeness (QED) is 0.624. The normalized spacial score (nSPS) is 13.4. The minimum absolute atomic E-state index is 0.166. The van der Waals surface area contributed by atoms with Crippen LogP contribution in [0.1, 0.15) is 52.6 Å². The van der Waals surface area contributed by atoms with Gasteiger partial charge in [-0.2, -0.15) is 0 Å². The lowest BCUT2D eigenvalue weighted by Crippen LogP contribution is -2.27. The van der Waals surface area contributed by atoms with Crippen LogP contribution in [0.4, 0.5) is 4.79 Å². The fourth-order valence-corrected chi connectivity index (χ4v) is 4.11. The molecular weight excluding hydrogens is 406 g/mol. The Labute approximate surface area is 187 Å². The third-order valence-electron chi connectivity index (χ3n) is 5.26. The molecule has 32 heavy (non-hydrogen) atoms. The van der Waals surface area contributed by atoms with Crippen molar-refractivity contribution in [3.63, 3.8) is 0 Å². The molecule has 4 rings (SSSR count). The highest BCUT2D eigenvalue weighted by atomic mass is 16.6. The average Bonchev–Trinajstić information content (AvgIpc) is 3.25. The van der Waals surface area contributed by atoms with E-state index in [4.69, 9.17) is 4.74 Å². The molecule has 1 amide bonds. The summed E-state index contributed by atoms with van der Waals surface area (Å²) < 4.78 is 7.19. The lowest BCUT2D eigenvalue weighted by atomic mass is 9.96. The van der Waals surface area contributed by atoms with Gasteiger partial charge in [0.1, 0.15) is 11.9 Å². The van der Waals surface area contributed by atoms with Gasteiger partial charge in [-0.25, -0.2) is 9.36 Å². The Morgan fingerprint density at radius 1 is 1.19 bits per heavy atom. The third kappa shape index (κ3) is 4.03. The van der Waals surface area contributed by atoms with Gasteiger partial charge in [0.15, 0.2) is 0 Å². The van der Waals surface area contributed by atoms with Gasteiger partial charge in [0, 0.05) is 29.6 Å². The van der Waals surface area contributed by atoms with E-state index in [1.54, 1.807) is 18.2 Å². The van der Waals surface area contributed by atoms with Crippen molar-refractivity contribution in [3.8, 4) is 11.3 Å². The summed E-state index contributed by atoms with van der Waals surface area (Å²) in [6, 6.07) is 11.0. The fraction of sp³-hybridized carbons (Fsp3) is 0.320. The second kappa shape index (κ2) is 7.91. The first kappa shape index (κ1) is 21.8. The van der Waals surface area contributed by atoms with Crippen molar-refractivity contribution in [1.82, 2.24) is 14.8 Å². The number of aromatic nitrogens is 1. The molecule has 0 spiro atoms. The van der Waals surface area contributed by atoms with Crippen molar-refractivity contribution in [3.05, 3.63) is 58.7 Å². The molecule has 0 atom stereocenters. The highest BCUT2D eigenvalue weighted by Gasteiger charge is 2.29. The number of carbonyl (C=O) groups excluding carboxylic acids is 3. The van der Waals surface area contributed by atoms with Gasteiger partial charge in [0.25, 0.3) is 5.91 Å². The topological polar surface area (TPSA) is 80.6 Å². The molecule has 0 fully saturated rings. The SMILES string of the molecule is CN(C)Cc1cc2c(c(-c3cc4cc(C=O)ccc4n3C(=O)OC(C)(C)C)c1)C(=O)NC2. The molecule has 0 radical (unpaired) electrons. The summed E-state index contributed by atoms with van der Waals surface area (Å²) in [5.74, 6) is -0.166. The Hall–Kier alpha value is -3.45. The molecule has 166 valence electrons. The molecule has 2 aromatic carbocycles. The van der Waals surface area contributed by atoms with E-state index in [1.807, 2.05) is 53.1 Å². The van der Waals surface area contributed by atoms with E-state index in [2.05, 4.69) is 10.2 Å². The lowest BCUT2D eigenvalue weighted by Gasteiger charge is -2.21. The zero-order valence-electron chi connectivity index (χ0n) is 19.0. The maximum Gasteiger partial charge on any atom is 0.419 e. The predicted octanol–water partition coefficient (Wildman–Crippen LogP) is 4.21. The molecule has 1 aliphatic heterocycles. The molecule has 1 aromatic heterocycles. The summed E-state index contributed by atoms with van der Waals surface area (Å²) in [5.41, 5.74) is 4.17. The zero-order valence-corrected chi connectivity index (χ0v) is 19.0. The highest BCUT2D eigenvalue weighted by Crippen LogP contribution is 2.36. The zero-order chi connectivity index (χ0) is 23.2. The van der Waals surface area contributed by atoms with Gasteiger partial charge in [0.05, 0.1) is 16.8 Å². The fourth-order valence-electron chi connectivity index (χ4n) is 4.11. The third-order valence-corrected chi connectivity index (χ3v) is 5.26. The highest BCUT2D eigenvalue weighted by molar-refractivity contribution is 6.07. The van der Waals surface area contributed by atoms with Crippen molar-refractivity contribution in [1.29, 1.82) is 0 Å². The Kier molecular flexibility index (Phi) is 5.38. The number of nitrogens with one attached hydrogen (secondary N) is 1. The first-order chi connectivity index (χ1) is 15.1. The Bertz CT molecular complexity index is 1250. The largest absolute Gasteiger partial charge is 0.443 e. The Balaban J connectivity index is 2.01. The van der Waals surface area contributed by atoms with E-state index in [9.17, 15) is 14.4 Å². The molecular formula is C25H27N3O4. The summed E-state index contributed by atoms with van der Waals surface area (Å²) >= 11 is 0. The minimum atomic E-state index is -0.695. The first-order valence-corrected chi connectivity index (χ1v) is 10.5. The van der Waals surface area contributed by atoms with Gasteiger partial charge in [0.2, 0.25) is 0 Å². The van der Waals surface area contributed by atoms with Crippen LogP contribution >= 0.6 is 0 Å². The monoisotopic (exact) mass is 433 g/mol. The van der Waals surface area contributed by atoms with Crippen molar-refractivity contribution < 1.29 is 19.1 Å². The van der Waals surface area contributed by atoms with Crippen molar-refractivity contribution in [2.24, 2.45) is 0 Å². The van der Waals surface area contributed by atoms with Crippen LogP contribution in [-0.2, 0) is 17.8 Å². The van der Waals surface area contributed by atoms with Gasteiger partial charge < -0.3 is 15.0 Å². The van der Waals surface area contributed by atoms with Crippen LogP contribution in [0.3, 0.4) is 0 Å². The van der Waals surface area contributed by atoms with Gasteiger partial charge in [-0.3, -0.25) is 9.59 Å². The van der Waals surface area contributed by atoms with Crippen LogP contribution in [0.15, 0.2) is 36.4 Å². The average molecular weight is 434 g/mol. The summed E-state index contributed by atoms with van der Waals surface area (Å²) in [6.45, 7) is 6.57. The molecule has 0 bridgehead atoms. The van der Waals surface area contributed by atoms with Crippen LogP contribution in [0, 0.1) is 0 Å². The first-order valence-electron chi connectivity index (χ1n) is 10.5. The van der Waals surface area contributed by atoms with Crippen LogP contribution in [-0.4, -0.2) is 47.4 Å². The number of carbonyl (C=O) groups is 3. The number of benzene rings is 2. The van der Waals surface area contributed by atoms with Crippen molar-refractivity contribution >= 4 is 29.2 Å². The molecule has 7 nitrogen and oxygen atoms in total. The number of amides is 1. The molecule has 3 aromatic rings. The van der Waals surface area contributed by atoms with E-state index in [1.165, 1.54) is 4.57 Å². The molecule has 0 unspecified atom stereocenters. The molecule has 7 heteroatoms. The van der Waals surface area contributed by atoms with Gasteiger partial charge >= 0.3 is 6.09 Å². The van der Waals surface area contributed by atoms with Crippen LogP contribution < -0.4 is 5.32 Å². The Morgan fingerprint density at radius 2 is 1.94 bits per heavy atom.